The predicted octanol–water partition coefficient (Wildman–Crippen LogP) is 3.31. The van der Waals surface area contributed by atoms with Crippen LogP contribution in [0.5, 0.6) is 0 Å². The molecule has 0 aromatic heterocycles. The summed E-state index contributed by atoms with van der Waals surface area (Å²) in [6.07, 6.45) is 0.685. The summed E-state index contributed by atoms with van der Waals surface area (Å²) in [6.45, 7) is 13.7. The van der Waals surface area contributed by atoms with Crippen LogP contribution in [0.2, 0.25) is 6.55 Å². The summed E-state index contributed by atoms with van der Waals surface area (Å²) in [5.74, 6) is -0.475. The number of carbonyl (C=O) groups excluding carboxylic acids is 1. The Kier molecular flexibility index (Phi) is 5.92. The molecule has 1 unspecified atom stereocenters. The summed E-state index contributed by atoms with van der Waals surface area (Å²) in [5, 5.41) is 1.15. The van der Waals surface area contributed by atoms with Crippen molar-refractivity contribution in [1.29, 1.82) is 0 Å². The van der Waals surface area contributed by atoms with Gasteiger partial charge in [0.2, 0.25) is 0 Å². The van der Waals surface area contributed by atoms with Gasteiger partial charge >= 0.3 is 5.97 Å². The molecule has 0 aliphatic carbocycles. The van der Waals surface area contributed by atoms with Gasteiger partial charge in [-0.05, 0) is 25.5 Å². The molecular formula is C16H22O3Si. The Morgan fingerprint density at radius 3 is 2.30 bits per heavy atom. The van der Waals surface area contributed by atoms with E-state index in [4.69, 9.17) is 9.78 Å². The third kappa shape index (κ3) is 3.92. The number of hydrogen-bond donors (Lipinski definition) is 0. The Bertz CT molecular complexity index is 471. The Hall–Kier alpha value is -1.65. The zero-order valence-electron chi connectivity index (χ0n) is 12.4. The summed E-state index contributed by atoms with van der Waals surface area (Å²) in [5.41, 5.74) is 4.39. The summed E-state index contributed by atoms with van der Waals surface area (Å²) in [7, 11) is -1.83. The Morgan fingerprint density at radius 1 is 1.30 bits per heavy atom. The minimum Gasteiger partial charge on any atom is -0.293 e. The molecule has 3 nitrogen and oxygen atoms in total. The highest BCUT2D eigenvalue weighted by Crippen LogP contribution is 2.09. The standard InChI is InChI=1S/C16H22O3Si/c1-6-13(4)18-19-16(17)14-9-11-15(12-10-14)20(5,7-2)8-3/h7-13H,2-3,6H2,1,4-5H3. The molecule has 108 valence electrons. The first-order valence-corrected chi connectivity index (χ1v) is 9.37. The lowest BCUT2D eigenvalue weighted by Crippen LogP contribution is -2.40. The van der Waals surface area contributed by atoms with Gasteiger partial charge in [0.05, 0.1) is 5.56 Å². The van der Waals surface area contributed by atoms with Crippen LogP contribution in [0.25, 0.3) is 0 Å². The second-order valence-electron chi connectivity index (χ2n) is 4.95. The van der Waals surface area contributed by atoms with E-state index in [2.05, 4.69) is 19.7 Å². The molecule has 4 heteroatoms. The predicted molar refractivity (Wildman–Crippen MR) is 84.3 cm³/mol. The average Bonchev–Trinajstić information content (AvgIpc) is 2.51. The van der Waals surface area contributed by atoms with Crippen LogP contribution in [0, 0.1) is 0 Å². The molecule has 0 saturated heterocycles. The minimum atomic E-state index is -1.83. The van der Waals surface area contributed by atoms with Crippen molar-refractivity contribution in [3.05, 3.63) is 54.4 Å². The van der Waals surface area contributed by atoms with Crippen molar-refractivity contribution in [3.63, 3.8) is 0 Å². The molecule has 1 atom stereocenters. The van der Waals surface area contributed by atoms with Gasteiger partial charge in [-0.15, -0.1) is 13.2 Å². The lowest BCUT2D eigenvalue weighted by Gasteiger charge is -2.19. The van der Waals surface area contributed by atoms with E-state index in [0.29, 0.717) is 5.56 Å². The molecule has 1 aromatic rings. The molecule has 0 spiro atoms. The molecular weight excluding hydrogens is 268 g/mol. The molecule has 0 heterocycles. The third-order valence-corrected chi connectivity index (χ3v) is 6.73. The van der Waals surface area contributed by atoms with Crippen molar-refractivity contribution >= 4 is 19.2 Å². The smallest absolute Gasteiger partial charge is 0.293 e. The summed E-state index contributed by atoms with van der Waals surface area (Å²) in [4.78, 5) is 21.6. The summed E-state index contributed by atoms with van der Waals surface area (Å²) in [6, 6.07) is 7.34. The molecule has 0 bridgehead atoms. The first-order chi connectivity index (χ1) is 9.46. The maximum Gasteiger partial charge on any atom is 0.373 e. The van der Waals surface area contributed by atoms with E-state index >= 15 is 0 Å². The van der Waals surface area contributed by atoms with Crippen LogP contribution in [0.3, 0.4) is 0 Å². The highest BCUT2D eigenvalue weighted by molar-refractivity contribution is 6.98. The van der Waals surface area contributed by atoms with E-state index in [-0.39, 0.29) is 6.10 Å². The highest BCUT2D eigenvalue weighted by atomic mass is 28.3. The molecule has 0 fully saturated rings. The fourth-order valence-electron chi connectivity index (χ4n) is 1.53. The fraction of sp³-hybridized carbons (Fsp3) is 0.312. The second-order valence-corrected chi connectivity index (χ2v) is 8.91. The van der Waals surface area contributed by atoms with Crippen molar-refractivity contribution in [3.8, 4) is 0 Å². The van der Waals surface area contributed by atoms with Gasteiger partial charge in [-0.1, -0.05) is 42.2 Å². The molecule has 1 rings (SSSR count). The van der Waals surface area contributed by atoms with Gasteiger partial charge in [0.25, 0.3) is 0 Å². The van der Waals surface area contributed by atoms with Crippen LogP contribution in [0.1, 0.15) is 30.6 Å². The van der Waals surface area contributed by atoms with Gasteiger partial charge in [0, 0.05) is 0 Å². The second kappa shape index (κ2) is 7.22. The monoisotopic (exact) mass is 290 g/mol. The van der Waals surface area contributed by atoms with Gasteiger partial charge in [0.1, 0.15) is 14.2 Å². The highest BCUT2D eigenvalue weighted by Gasteiger charge is 2.22. The van der Waals surface area contributed by atoms with E-state index in [1.165, 1.54) is 0 Å². The number of rotatable bonds is 7. The van der Waals surface area contributed by atoms with E-state index in [9.17, 15) is 4.79 Å². The fourth-order valence-corrected chi connectivity index (χ4v) is 3.05. The van der Waals surface area contributed by atoms with Gasteiger partial charge < -0.3 is 0 Å². The first-order valence-electron chi connectivity index (χ1n) is 6.72. The SMILES string of the molecule is C=C[Si](C)(C=C)c1ccc(C(=O)OOC(C)CC)cc1. The normalized spacial score (nSPS) is 12.6. The van der Waals surface area contributed by atoms with Crippen LogP contribution < -0.4 is 5.19 Å². The Morgan fingerprint density at radius 2 is 1.85 bits per heavy atom. The van der Waals surface area contributed by atoms with Crippen LogP contribution in [-0.2, 0) is 9.78 Å². The molecule has 0 aliphatic rings. The average molecular weight is 290 g/mol. The molecule has 0 aliphatic heterocycles. The maximum atomic E-state index is 11.8. The van der Waals surface area contributed by atoms with Crippen molar-refractivity contribution in [2.45, 2.75) is 32.9 Å². The van der Waals surface area contributed by atoms with E-state index < -0.39 is 14.0 Å². The molecule has 0 N–H and O–H groups in total. The van der Waals surface area contributed by atoms with Crippen molar-refractivity contribution in [2.75, 3.05) is 0 Å². The zero-order valence-corrected chi connectivity index (χ0v) is 13.4. The topological polar surface area (TPSA) is 35.5 Å². The van der Waals surface area contributed by atoms with Crippen molar-refractivity contribution in [1.82, 2.24) is 0 Å². The van der Waals surface area contributed by atoms with Crippen LogP contribution in [-0.4, -0.2) is 20.1 Å². The summed E-state index contributed by atoms with van der Waals surface area (Å²) < 4.78 is 0. The van der Waals surface area contributed by atoms with Crippen LogP contribution >= 0.6 is 0 Å². The maximum absolute atomic E-state index is 11.8. The van der Waals surface area contributed by atoms with Crippen LogP contribution in [0.4, 0.5) is 0 Å². The molecule has 20 heavy (non-hydrogen) atoms. The van der Waals surface area contributed by atoms with Crippen molar-refractivity contribution < 1.29 is 14.6 Å². The lowest BCUT2D eigenvalue weighted by atomic mass is 10.2. The number of carbonyl (C=O) groups is 1. The number of hydrogen-bond acceptors (Lipinski definition) is 3. The van der Waals surface area contributed by atoms with E-state index in [1.54, 1.807) is 12.1 Å². The lowest BCUT2D eigenvalue weighted by molar-refractivity contribution is -0.270. The third-order valence-electron chi connectivity index (χ3n) is 3.45. The Labute approximate surface area is 121 Å². The molecule has 0 radical (unpaired) electrons. The molecule has 1 aromatic carbocycles. The molecule has 0 saturated carbocycles. The molecule has 0 amide bonds. The van der Waals surface area contributed by atoms with Gasteiger partial charge in [-0.25, -0.2) is 4.79 Å². The Balaban J connectivity index is 2.78. The summed E-state index contributed by atoms with van der Waals surface area (Å²) >= 11 is 0. The van der Waals surface area contributed by atoms with Crippen LogP contribution in [0.15, 0.2) is 48.8 Å². The van der Waals surface area contributed by atoms with E-state index in [1.807, 2.05) is 37.4 Å². The van der Waals surface area contributed by atoms with E-state index in [0.717, 1.165) is 11.6 Å². The van der Waals surface area contributed by atoms with Gasteiger partial charge in [-0.3, -0.25) is 4.89 Å². The zero-order chi connectivity index (χ0) is 15.2. The first kappa shape index (κ1) is 16.4. The van der Waals surface area contributed by atoms with Gasteiger partial charge in [0.15, 0.2) is 0 Å². The quantitative estimate of drug-likeness (QED) is 0.439. The largest absolute Gasteiger partial charge is 0.373 e. The minimum absolute atomic E-state index is 0.101. The van der Waals surface area contributed by atoms with Crippen molar-refractivity contribution in [2.24, 2.45) is 0 Å². The van der Waals surface area contributed by atoms with Gasteiger partial charge in [-0.2, -0.15) is 4.89 Å². The number of benzene rings is 1.